The maximum absolute atomic E-state index is 13.4. The lowest BCUT2D eigenvalue weighted by atomic mass is 10.2. The molecule has 3 nitrogen and oxygen atoms in total. The van der Waals surface area contributed by atoms with E-state index in [1.165, 1.54) is 12.1 Å². The van der Waals surface area contributed by atoms with E-state index in [-0.39, 0.29) is 5.82 Å². The molecule has 0 bridgehead atoms. The molecule has 0 fully saturated rings. The van der Waals surface area contributed by atoms with Gasteiger partial charge in [-0.15, -0.1) is 0 Å². The van der Waals surface area contributed by atoms with Gasteiger partial charge in [0.2, 0.25) is 0 Å². The van der Waals surface area contributed by atoms with Gasteiger partial charge in [0.15, 0.2) is 0 Å². The Morgan fingerprint density at radius 3 is 2.71 bits per heavy atom. The van der Waals surface area contributed by atoms with Gasteiger partial charge >= 0.3 is 0 Å². The highest BCUT2D eigenvalue weighted by atomic mass is 19.1. The molecule has 0 aliphatic heterocycles. The topological polar surface area (TPSA) is 30.7 Å². The summed E-state index contributed by atoms with van der Waals surface area (Å²) in [4.78, 5) is 8.80. The van der Waals surface area contributed by atoms with Crippen LogP contribution in [0.3, 0.4) is 0 Å². The number of benzene rings is 1. The Balaban J connectivity index is 1.95. The van der Waals surface area contributed by atoms with E-state index in [0.717, 1.165) is 33.2 Å². The summed E-state index contributed by atoms with van der Waals surface area (Å²) in [6.45, 7) is 1.97. The van der Waals surface area contributed by atoms with Gasteiger partial charge in [0, 0.05) is 28.9 Å². The average molecular weight is 277 g/mol. The summed E-state index contributed by atoms with van der Waals surface area (Å²) in [5, 5.41) is 2.87. The molecule has 0 amide bonds. The molecule has 0 saturated carbocycles. The Labute approximate surface area is 120 Å². The quantitative estimate of drug-likeness (QED) is 0.526. The van der Waals surface area contributed by atoms with E-state index in [0.29, 0.717) is 0 Å². The van der Waals surface area contributed by atoms with Gasteiger partial charge in [0.05, 0.1) is 11.7 Å². The van der Waals surface area contributed by atoms with Crippen molar-refractivity contribution in [2.75, 3.05) is 0 Å². The third-order valence-electron chi connectivity index (χ3n) is 3.63. The Morgan fingerprint density at radius 2 is 1.81 bits per heavy atom. The summed E-state index contributed by atoms with van der Waals surface area (Å²) in [6.07, 6.45) is 5.55. The van der Waals surface area contributed by atoms with Crippen LogP contribution in [0.15, 0.2) is 55.0 Å². The Morgan fingerprint density at radius 1 is 0.905 bits per heavy atom. The summed E-state index contributed by atoms with van der Waals surface area (Å²) in [5.41, 5.74) is 1.97. The van der Waals surface area contributed by atoms with E-state index in [1.54, 1.807) is 12.3 Å². The highest BCUT2D eigenvalue weighted by molar-refractivity contribution is 5.85. The first-order chi connectivity index (χ1) is 10.2. The molecule has 3 aromatic heterocycles. The fraction of sp³-hybridized carbons (Fsp3) is 0.0588. The number of rotatable bonds is 1. The molecule has 4 aromatic rings. The van der Waals surface area contributed by atoms with Crippen molar-refractivity contribution in [3.8, 4) is 5.82 Å². The molecule has 0 aliphatic rings. The number of fused-ring (bicyclic) bond motifs is 2. The minimum Gasteiger partial charge on any atom is -0.300 e. The number of halogens is 1. The van der Waals surface area contributed by atoms with Crippen molar-refractivity contribution in [3.63, 3.8) is 0 Å². The molecule has 0 radical (unpaired) electrons. The van der Waals surface area contributed by atoms with E-state index in [4.69, 9.17) is 0 Å². The molecule has 0 N–H and O–H groups in total. The van der Waals surface area contributed by atoms with Crippen LogP contribution in [0, 0.1) is 12.7 Å². The molecule has 0 spiro atoms. The Bertz CT molecular complexity index is 972. The van der Waals surface area contributed by atoms with Crippen molar-refractivity contribution >= 4 is 21.7 Å². The second-order valence-corrected chi connectivity index (χ2v) is 5.10. The SMILES string of the molecule is Cc1cc2ccn(-c3cc4cc(F)ccc4cn3)c2cn1. The molecule has 1 aromatic carbocycles. The molecular formula is C17H12FN3. The number of hydrogen-bond donors (Lipinski definition) is 0. The highest BCUT2D eigenvalue weighted by Crippen LogP contribution is 2.22. The van der Waals surface area contributed by atoms with Crippen LogP contribution in [0.25, 0.3) is 27.5 Å². The van der Waals surface area contributed by atoms with Crippen molar-refractivity contribution < 1.29 is 4.39 Å². The molecule has 0 aliphatic carbocycles. The van der Waals surface area contributed by atoms with Gasteiger partial charge in [-0.1, -0.05) is 0 Å². The first-order valence-electron chi connectivity index (χ1n) is 6.70. The monoisotopic (exact) mass is 277 g/mol. The zero-order chi connectivity index (χ0) is 14.4. The zero-order valence-corrected chi connectivity index (χ0v) is 11.4. The highest BCUT2D eigenvalue weighted by Gasteiger charge is 2.06. The smallest absolute Gasteiger partial charge is 0.137 e. The standard InChI is InChI=1S/C17H12FN3/c1-11-6-12-4-5-21(16(12)10-19-11)17-8-14-7-15(18)3-2-13(14)9-20-17/h2-10H,1H3. The van der Waals surface area contributed by atoms with Crippen molar-refractivity contribution in [1.82, 2.24) is 14.5 Å². The number of hydrogen-bond acceptors (Lipinski definition) is 2. The van der Waals surface area contributed by atoms with Gasteiger partial charge in [-0.3, -0.25) is 9.55 Å². The van der Waals surface area contributed by atoms with Gasteiger partial charge in [0.1, 0.15) is 11.6 Å². The van der Waals surface area contributed by atoms with Crippen molar-refractivity contribution in [2.24, 2.45) is 0 Å². The first kappa shape index (κ1) is 12.0. The third kappa shape index (κ3) is 1.96. The van der Waals surface area contributed by atoms with E-state index < -0.39 is 0 Å². The summed E-state index contributed by atoms with van der Waals surface area (Å²) in [5.74, 6) is 0.517. The minimum absolute atomic E-state index is 0.241. The van der Waals surface area contributed by atoms with Gasteiger partial charge < -0.3 is 0 Å². The van der Waals surface area contributed by atoms with Crippen LogP contribution in [0.2, 0.25) is 0 Å². The predicted molar refractivity (Wildman–Crippen MR) is 81.1 cm³/mol. The fourth-order valence-corrected chi connectivity index (χ4v) is 2.58. The number of aromatic nitrogens is 3. The second kappa shape index (κ2) is 4.38. The molecule has 0 unspecified atom stereocenters. The normalized spacial score (nSPS) is 11.3. The molecular weight excluding hydrogens is 265 g/mol. The maximum Gasteiger partial charge on any atom is 0.137 e. The predicted octanol–water partition coefficient (Wildman–Crippen LogP) is 4.02. The lowest BCUT2D eigenvalue weighted by Gasteiger charge is -2.06. The van der Waals surface area contributed by atoms with Crippen molar-refractivity contribution in [2.45, 2.75) is 6.92 Å². The van der Waals surface area contributed by atoms with Crippen LogP contribution >= 0.6 is 0 Å². The first-order valence-corrected chi connectivity index (χ1v) is 6.70. The lowest BCUT2D eigenvalue weighted by molar-refractivity contribution is 0.629. The molecule has 4 rings (SSSR count). The van der Waals surface area contributed by atoms with Crippen LogP contribution in [-0.2, 0) is 0 Å². The lowest BCUT2D eigenvalue weighted by Crippen LogP contribution is -1.96. The van der Waals surface area contributed by atoms with E-state index >= 15 is 0 Å². The molecule has 21 heavy (non-hydrogen) atoms. The maximum atomic E-state index is 13.4. The molecule has 0 atom stereocenters. The van der Waals surface area contributed by atoms with Crippen LogP contribution < -0.4 is 0 Å². The van der Waals surface area contributed by atoms with Crippen LogP contribution in [0.1, 0.15) is 5.69 Å². The Kier molecular flexibility index (Phi) is 2.51. The largest absolute Gasteiger partial charge is 0.300 e. The van der Waals surface area contributed by atoms with Gasteiger partial charge in [-0.05, 0) is 48.7 Å². The summed E-state index contributed by atoms with van der Waals surface area (Å²) in [7, 11) is 0. The summed E-state index contributed by atoms with van der Waals surface area (Å²) < 4.78 is 15.3. The number of nitrogens with zero attached hydrogens (tertiary/aromatic N) is 3. The average Bonchev–Trinajstić information content (AvgIpc) is 2.89. The van der Waals surface area contributed by atoms with Crippen molar-refractivity contribution in [3.05, 3.63) is 66.5 Å². The molecule has 3 heterocycles. The van der Waals surface area contributed by atoms with E-state index in [9.17, 15) is 4.39 Å². The van der Waals surface area contributed by atoms with Crippen LogP contribution in [0.5, 0.6) is 0 Å². The van der Waals surface area contributed by atoms with Crippen LogP contribution in [-0.4, -0.2) is 14.5 Å². The molecule has 0 saturated heterocycles. The third-order valence-corrected chi connectivity index (χ3v) is 3.63. The van der Waals surface area contributed by atoms with Gasteiger partial charge in [-0.2, -0.15) is 0 Å². The van der Waals surface area contributed by atoms with Gasteiger partial charge in [0.25, 0.3) is 0 Å². The Hall–Kier alpha value is -2.75. The summed E-state index contributed by atoms with van der Waals surface area (Å²) in [6, 6.07) is 10.7. The van der Waals surface area contributed by atoms with Crippen molar-refractivity contribution in [1.29, 1.82) is 0 Å². The molecule has 4 heteroatoms. The number of pyridine rings is 2. The zero-order valence-electron chi connectivity index (χ0n) is 11.4. The summed E-state index contributed by atoms with van der Waals surface area (Å²) >= 11 is 0. The van der Waals surface area contributed by atoms with E-state index in [2.05, 4.69) is 9.97 Å². The van der Waals surface area contributed by atoms with Gasteiger partial charge in [-0.25, -0.2) is 9.37 Å². The molecule has 102 valence electrons. The fourth-order valence-electron chi connectivity index (χ4n) is 2.58. The van der Waals surface area contributed by atoms with E-state index in [1.807, 2.05) is 42.1 Å². The number of aryl methyl sites for hydroxylation is 1. The second-order valence-electron chi connectivity index (χ2n) is 5.10. The minimum atomic E-state index is -0.241. The van der Waals surface area contributed by atoms with Crippen LogP contribution in [0.4, 0.5) is 4.39 Å².